The van der Waals surface area contributed by atoms with Crippen molar-refractivity contribution in [3.8, 4) is 11.4 Å². The maximum absolute atomic E-state index is 11.9. The molecule has 0 aliphatic rings. The van der Waals surface area contributed by atoms with E-state index in [1.807, 2.05) is 42.6 Å². The molecule has 3 rings (SSSR count). The summed E-state index contributed by atoms with van der Waals surface area (Å²) in [6, 6.07) is 12.2. The van der Waals surface area contributed by atoms with Gasteiger partial charge in [-0.25, -0.2) is 4.98 Å². The number of thiophene rings is 1. The van der Waals surface area contributed by atoms with Crippen molar-refractivity contribution in [3.05, 3.63) is 52.2 Å². The molecule has 1 aromatic carbocycles. The van der Waals surface area contributed by atoms with Gasteiger partial charge >= 0.3 is 0 Å². The Kier molecular flexibility index (Phi) is 5.66. The third kappa shape index (κ3) is 4.69. The first kappa shape index (κ1) is 16.7. The molecule has 2 heterocycles. The summed E-state index contributed by atoms with van der Waals surface area (Å²) in [5, 5.41) is 12.6. The van der Waals surface area contributed by atoms with E-state index in [9.17, 15) is 4.79 Å². The van der Waals surface area contributed by atoms with Gasteiger partial charge in [0.05, 0.1) is 5.75 Å². The van der Waals surface area contributed by atoms with Crippen LogP contribution in [0.15, 0.2) is 46.9 Å². The molecule has 5 nitrogen and oxygen atoms in total. The third-order valence-corrected chi connectivity index (χ3v) is 5.18. The third-order valence-electron chi connectivity index (χ3n) is 3.40. The van der Waals surface area contributed by atoms with Crippen LogP contribution in [0.1, 0.15) is 10.4 Å². The summed E-state index contributed by atoms with van der Waals surface area (Å²) in [6.07, 6.45) is 0.867. The molecule has 0 fully saturated rings. The van der Waals surface area contributed by atoms with Crippen molar-refractivity contribution in [2.24, 2.45) is 0 Å². The van der Waals surface area contributed by atoms with Gasteiger partial charge in [-0.15, -0.1) is 16.4 Å². The van der Waals surface area contributed by atoms with E-state index in [4.69, 9.17) is 0 Å². The van der Waals surface area contributed by atoms with Crippen LogP contribution in [0.3, 0.4) is 0 Å². The summed E-state index contributed by atoms with van der Waals surface area (Å²) in [6.45, 7) is 2.70. The van der Waals surface area contributed by atoms with Crippen LogP contribution >= 0.6 is 23.1 Å². The molecule has 0 saturated carbocycles. The molecule has 3 aromatic rings. The molecule has 0 bridgehead atoms. The Hall–Kier alpha value is -2.12. The quantitative estimate of drug-likeness (QED) is 0.636. The second-order valence-corrected chi connectivity index (χ2v) is 7.28. The lowest BCUT2D eigenvalue weighted by Gasteiger charge is -2.02. The van der Waals surface area contributed by atoms with Crippen LogP contribution in [0.4, 0.5) is 0 Å². The Morgan fingerprint density at radius 2 is 2.12 bits per heavy atom. The molecular formula is C17H18N4OS2. The van der Waals surface area contributed by atoms with Crippen molar-refractivity contribution < 1.29 is 4.79 Å². The van der Waals surface area contributed by atoms with Gasteiger partial charge in [0, 0.05) is 17.0 Å². The first-order chi connectivity index (χ1) is 11.7. The van der Waals surface area contributed by atoms with Crippen LogP contribution in [0, 0.1) is 6.92 Å². The van der Waals surface area contributed by atoms with Gasteiger partial charge in [-0.05, 0) is 24.8 Å². The minimum Gasteiger partial charge on any atom is -0.355 e. The normalized spacial score (nSPS) is 10.7. The average molecular weight is 358 g/mol. The lowest BCUT2D eigenvalue weighted by molar-refractivity contribution is -0.118. The average Bonchev–Trinajstić information content (AvgIpc) is 3.25. The molecule has 2 N–H and O–H groups in total. The minimum absolute atomic E-state index is 0.00163. The van der Waals surface area contributed by atoms with Gasteiger partial charge in [0.1, 0.15) is 0 Å². The Bertz CT molecular complexity index is 781. The molecule has 1 amide bonds. The maximum Gasteiger partial charge on any atom is 0.230 e. The number of aromatic nitrogens is 3. The van der Waals surface area contributed by atoms with Crippen molar-refractivity contribution in [2.45, 2.75) is 18.5 Å². The Balaban J connectivity index is 1.44. The van der Waals surface area contributed by atoms with E-state index in [0.29, 0.717) is 17.5 Å². The highest BCUT2D eigenvalue weighted by Gasteiger charge is 2.09. The summed E-state index contributed by atoms with van der Waals surface area (Å²) in [5.41, 5.74) is 2.19. The minimum atomic E-state index is -0.00163. The van der Waals surface area contributed by atoms with Gasteiger partial charge in [0.2, 0.25) is 11.1 Å². The molecule has 0 aliphatic heterocycles. The van der Waals surface area contributed by atoms with Crippen LogP contribution in [-0.2, 0) is 11.2 Å². The zero-order valence-electron chi connectivity index (χ0n) is 13.3. The number of nitrogens with zero attached hydrogens (tertiary/aromatic N) is 2. The molecule has 7 heteroatoms. The van der Waals surface area contributed by atoms with E-state index in [1.165, 1.54) is 22.2 Å². The summed E-state index contributed by atoms with van der Waals surface area (Å²) >= 11 is 3.04. The maximum atomic E-state index is 11.9. The number of thioether (sulfide) groups is 1. The standard InChI is InChI=1S/C17H18N4OS2/c1-12-4-6-13(7-5-12)16-19-17(21-20-16)24-11-15(22)18-9-8-14-3-2-10-23-14/h2-7,10H,8-9,11H2,1H3,(H,18,22)(H,19,20,21). The second-order valence-electron chi connectivity index (χ2n) is 5.30. The van der Waals surface area contributed by atoms with Crippen molar-refractivity contribution in [2.75, 3.05) is 12.3 Å². The lowest BCUT2D eigenvalue weighted by Crippen LogP contribution is -2.27. The molecular weight excluding hydrogens is 340 g/mol. The fourth-order valence-electron chi connectivity index (χ4n) is 2.11. The number of hydrogen-bond donors (Lipinski definition) is 2. The SMILES string of the molecule is Cc1ccc(-c2nc(SCC(=O)NCCc3cccs3)n[nH]2)cc1. The highest BCUT2D eigenvalue weighted by Crippen LogP contribution is 2.19. The number of carbonyl (C=O) groups excluding carboxylic acids is 1. The predicted octanol–water partition coefficient (Wildman–Crippen LogP) is 3.29. The van der Waals surface area contributed by atoms with Gasteiger partial charge in [-0.1, -0.05) is 47.7 Å². The topological polar surface area (TPSA) is 70.7 Å². The lowest BCUT2D eigenvalue weighted by atomic mass is 10.1. The summed E-state index contributed by atoms with van der Waals surface area (Å²) < 4.78 is 0. The smallest absolute Gasteiger partial charge is 0.230 e. The number of carbonyl (C=O) groups is 1. The molecule has 124 valence electrons. The van der Waals surface area contributed by atoms with Gasteiger partial charge in [-0.2, -0.15) is 0 Å². The number of hydrogen-bond acceptors (Lipinski definition) is 5. The van der Waals surface area contributed by atoms with Crippen molar-refractivity contribution >= 4 is 29.0 Å². The first-order valence-electron chi connectivity index (χ1n) is 7.62. The number of aromatic amines is 1. The van der Waals surface area contributed by atoms with Crippen LogP contribution < -0.4 is 5.32 Å². The zero-order valence-corrected chi connectivity index (χ0v) is 14.9. The van der Waals surface area contributed by atoms with E-state index < -0.39 is 0 Å². The zero-order chi connectivity index (χ0) is 16.8. The number of benzene rings is 1. The highest BCUT2D eigenvalue weighted by atomic mass is 32.2. The number of amides is 1. The highest BCUT2D eigenvalue weighted by molar-refractivity contribution is 7.99. The van der Waals surface area contributed by atoms with Gasteiger partial charge in [0.25, 0.3) is 0 Å². The molecule has 24 heavy (non-hydrogen) atoms. The number of aryl methyl sites for hydroxylation is 1. The van der Waals surface area contributed by atoms with Crippen molar-refractivity contribution in [3.63, 3.8) is 0 Å². The molecule has 2 aromatic heterocycles. The van der Waals surface area contributed by atoms with Gasteiger partial charge in [0.15, 0.2) is 5.82 Å². The molecule has 0 atom stereocenters. The predicted molar refractivity (Wildman–Crippen MR) is 98.3 cm³/mol. The van der Waals surface area contributed by atoms with Crippen molar-refractivity contribution in [1.29, 1.82) is 0 Å². The van der Waals surface area contributed by atoms with E-state index in [1.54, 1.807) is 11.3 Å². The van der Waals surface area contributed by atoms with E-state index in [2.05, 4.69) is 26.6 Å². The Morgan fingerprint density at radius 3 is 2.88 bits per heavy atom. The van der Waals surface area contributed by atoms with Gasteiger partial charge in [-0.3, -0.25) is 9.89 Å². The molecule has 0 radical (unpaired) electrons. The number of H-pyrrole nitrogens is 1. The van der Waals surface area contributed by atoms with Crippen molar-refractivity contribution in [1.82, 2.24) is 20.5 Å². The van der Waals surface area contributed by atoms with Crippen LogP contribution in [0.5, 0.6) is 0 Å². The molecule has 0 unspecified atom stereocenters. The Morgan fingerprint density at radius 1 is 1.29 bits per heavy atom. The van der Waals surface area contributed by atoms with E-state index in [-0.39, 0.29) is 5.91 Å². The van der Waals surface area contributed by atoms with Crippen LogP contribution in [0.2, 0.25) is 0 Å². The summed E-state index contributed by atoms with van der Waals surface area (Å²) in [5.74, 6) is 1.03. The van der Waals surface area contributed by atoms with E-state index >= 15 is 0 Å². The molecule has 0 spiro atoms. The Labute approximate surface area is 148 Å². The summed E-state index contributed by atoms with van der Waals surface area (Å²) in [7, 11) is 0. The fourth-order valence-corrected chi connectivity index (χ4v) is 3.45. The molecule has 0 saturated heterocycles. The monoisotopic (exact) mass is 358 g/mol. The van der Waals surface area contributed by atoms with Crippen LogP contribution in [-0.4, -0.2) is 33.4 Å². The largest absolute Gasteiger partial charge is 0.355 e. The number of nitrogens with one attached hydrogen (secondary N) is 2. The van der Waals surface area contributed by atoms with Gasteiger partial charge < -0.3 is 5.32 Å². The van der Waals surface area contributed by atoms with Crippen LogP contribution in [0.25, 0.3) is 11.4 Å². The number of rotatable bonds is 7. The fraction of sp³-hybridized carbons (Fsp3) is 0.235. The first-order valence-corrected chi connectivity index (χ1v) is 9.48. The molecule has 0 aliphatic carbocycles. The second kappa shape index (κ2) is 8.12. The van der Waals surface area contributed by atoms with E-state index in [0.717, 1.165) is 17.8 Å². The summed E-state index contributed by atoms with van der Waals surface area (Å²) in [4.78, 5) is 17.6.